The Kier molecular flexibility index (Phi) is 7.59. The molecule has 1 fully saturated rings. The van der Waals surface area contributed by atoms with E-state index in [1.807, 2.05) is 6.92 Å². The Morgan fingerprint density at radius 1 is 1.42 bits per heavy atom. The number of amides is 1. The lowest BCUT2D eigenvalue weighted by molar-refractivity contribution is -0.143. The van der Waals surface area contributed by atoms with Crippen molar-refractivity contribution in [2.45, 2.75) is 57.0 Å². The number of aliphatic hydroxyl groups is 1. The van der Waals surface area contributed by atoms with E-state index in [4.69, 9.17) is 11.6 Å². The summed E-state index contributed by atoms with van der Waals surface area (Å²) in [5.41, 5.74) is 0.676. The van der Waals surface area contributed by atoms with Crippen molar-refractivity contribution in [3.63, 3.8) is 0 Å². The largest absolute Gasteiger partial charge is 0.392 e. The fourth-order valence-electron chi connectivity index (χ4n) is 6.19. The molecule has 2 N–H and O–H groups in total. The minimum absolute atomic E-state index is 0.0132. The summed E-state index contributed by atoms with van der Waals surface area (Å²) < 4.78 is 28.4. The van der Waals surface area contributed by atoms with Crippen LogP contribution in [-0.4, -0.2) is 49.0 Å². The maximum Gasteiger partial charge on any atom is 0.263 e. The molecule has 7 nitrogen and oxygen atoms in total. The number of carbonyl (C=O) groups excluding carboxylic acids is 1. The first-order valence-electron chi connectivity index (χ1n) is 12.2. The predicted octanol–water partition coefficient (Wildman–Crippen LogP) is 4.93. The van der Waals surface area contributed by atoms with Crippen LogP contribution in [0.15, 0.2) is 41.8 Å². The summed E-state index contributed by atoms with van der Waals surface area (Å²) in [4.78, 5) is 20.5. The molecule has 2 aliphatic rings. The van der Waals surface area contributed by atoms with E-state index in [0.717, 1.165) is 29.8 Å². The number of likely N-dealkylation sites (N-methyl/N-ethyl adjacent to an activating group) is 1. The number of anilines is 1. The average molecular weight is 552 g/mol. The van der Waals surface area contributed by atoms with Gasteiger partial charge in [0.1, 0.15) is 0 Å². The Hall–Kier alpha value is -1.94. The summed E-state index contributed by atoms with van der Waals surface area (Å²) in [6, 6.07) is 5.99. The molecular weight excluding hydrogens is 518 g/mol. The van der Waals surface area contributed by atoms with Crippen LogP contribution >= 0.6 is 22.9 Å². The fraction of sp³-hybridized carbons (Fsp3) is 0.538. The van der Waals surface area contributed by atoms with Crippen molar-refractivity contribution in [1.29, 1.82) is 0 Å². The Bertz CT molecular complexity index is 1250. The van der Waals surface area contributed by atoms with Crippen molar-refractivity contribution >= 4 is 44.0 Å². The normalized spacial score (nSPS) is 28.5. The van der Waals surface area contributed by atoms with Crippen molar-refractivity contribution in [2.24, 2.45) is 23.2 Å². The van der Waals surface area contributed by atoms with Gasteiger partial charge in [0, 0.05) is 35.3 Å². The van der Waals surface area contributed by atoms with Gasteiger partial charge in [0.15, 0.2) is 5.13 Å². The number of sulfonamides is 1. The van der Waals surface area contributed by atoms with E-state index in [1.54, 1.807) is 18.0 Å². The zero-order valence-electron chi connectivity index (χ0n) is 21.1. The second-order valence-corrected chi connectivity index (χ2v) is 13.7. The second kappa shape index (κ2) is 10.1. The molecule has 0 bridgehead atoms. The van der Waals surface area contributed by atoms with E-state index in [0.29, 0.717) is 16.7 Å². The minimum atomic E-state index is -3.80. The van der Waals surface area contributed by atoms with Gasteiger partial charge >= 0.3 is 0 Å². The Morgan fingerprint density at radius 3 is 2.72 bits per heavy atom. The number of rotatable bonds is 7. The van der Waals surface area contributed by atoms with E-state index < -0.39 is 16.1 Å². The standard InChI is InChI=1S/C26H34ClN3O4S2/c1-6-13-30(5)24(32)15(2)19-11-12-26(4)14-20-22(16(3)21(26)23(19)31)28-25(35-20)29-36(33,34)18-9-7-17(27)8-10-18/h6-10,15-16,19,21,23,31H,1,11-14H2,2-5H3,(H,28,29)/t15-,16-,19-,21+,23-,26+/m0/s1. The van der Waals surface area contributed by atoms with Gasteiger partial charge < -0.3 is 10.0 Å². The molecule has 0 saturated heterocycles. The molecule has 4 rings (SSSR count). The molecule has 0 spiro atoms. The van der Waals surface area contributed by atoms with E-state index in [2.05, 4.69) is 30.1 Å². The first-order chi connectivity index (χ1) is 16.9. The highest BCUT2D eigenvalue weighted by atomic mass is 35.5. The van der Waals surface area contributed by atoms with Crippen LogP contribution in [0.25, 0.3) is 0 Å². The predicted molar refractivity (Wildman–Crippen MR) is 144 cm³/mol. The van der Waals surface area contributed by atoms with E-state index in [1.165, 1.54) is 35.6 Å². The van der Waals surface area contributed by atoms with Gasteiger partial charge in [-0.05, 0) is 60.8 Å². The summed E-state index contributed by atoms with van der Waals surface area (Å²) in [7, 11) is -2.04. The molecule has 6 atom stereocenters. The van der Waals surface area contributed by atoms with E-state index in [-0.39, 0.29) is 39.9 Å². The van der Waals surface area contributed by atoms with Gasteiger partial charge in [-0.1, -0.05) is 38.4 Å². The highest BCUT2D eigenvalue weighted by Gasteiger charge is 2.54. The molecule has 1 aromatic carbocycles. The summed E-state index contributed by atoms with van der Waals surface area (Å²) in [5, 5.41) is 12.4. The van der Waals surface area contributed by atoms with Gasteiger partial charge in [-0.15, -0.1) is 17.9 Å². The molecule has 36 heavy (non-hydrogen) atoms. The van der Waals surface area contributed by atoms with Gasteiger partial charge in [-0.3, -0.25) is 9.52 Å². The topological polar surface area (TPSA) is 99.6 Å². The van der Waals surface area contributed by atoms with Crippen molar-refractivity contribution in [3.05, 3.63) is 52.5 Å². The van der Waals surface area contributed by atoms with Crippen molar-refractivity contribution in [2.75, 3.05) is 18.3 Å². The van der Waals surface area contributed by atoms with Crippen LogP contribution in [0.3, 0.4) is 0 Å². The van der Waals surface area contributed by atoms with Gasteiger partial charge in [0.25, 0.3) is 10.0 Å². The molecule has 0 aliphatic heterocycles. The first-order valence-corrected chi connectivity index (χ1v) is 14.9. The van der Waals surface area contributed by atoms with Crippen LogP contribution in [0.5, 0.6) is 0 Å². The van der Waals surface area contributed by atoms with Crippen molar-refractivity contribution in [1.82, 2.24) is 9.88 Å². The molecule has 1 saturated carbocycles. The molecule has 10 heteroatoms. The maximum atomic E-state index is 13.0. The molecule has 2 aromatic rings. The number of carbonyl (C=O) groups is 1. The first kappa shape index (κ1) is 27.1. The number of fused-ring (bicyclic) bond motifs is 2. The van der Waals surface area contributed by atoms with E-state index in [9.17, 15) is 18.3 Å². The smallest absolute Gasteiger partial charge is 0.263 e. The summed E-state index contributed by atoms with van der Waals surface area (Å²) in [6.07, 6.45) is 3.42. The van der Waals surface area contributed by atoms with Crippen LogP contribution in [0.1, 0.15) is 50.1 Å². The zero-order valence-corrected chi connectivity index (χ0v) is 23.5. The SMILES string of the molecule is C=CCN(C)C(=O)[C@@H](C)[C@@H]1CC[C@]2(C)Cc3sc(NS(=O)(=O)c4ccc(Cl)cc4)nc3[C@@H](C)[C@@H]2[C@H]1O. The van der Waals surface area contributed by atoms with E-state index >= 15 is 0 Å². The number of nitrogens with zero attached hydrogens (tertiary/aromatic N) is 2. The molecule has 1 heterocycles. The third kappa shape index (κ3) is 4.95. The molecule has 0 unspecified atom stereocenters. The number of nitrogens with one attached hydrogen (secondary N) is 1. The van der Waals surface area contributed by atoms with Crippen molar-refractivity contribution < 1.29 is 18.3 Å². The number of hydrogen-bond donors (Lipinski definition) is 2. The summed E-state index contributed by atoms with van der Waals surface area (Å²) in [6.45, 7) is 10.3. The molecule has 1 amide bonds. The number of thiazole rings is 1. The van der Waals surface area contributed by atoms with Gasteiger partial charge in [0.05, 0.1) is 16.7 Å². The molecule has 0 radical (unpaired) electrons. The Labute approximate surface area is 222 Å². The van der Waals surface area contributed by atoms with Crippen LogP contribution in [0, 0.1) is 23.2 Å². The summed E-state index contributed by atoms with van der Waals surface area (Å²) in [5.74, 6) is -0.589. The van der Waals surface area contributed by atoms with Gasteiger partial charge in [-0.2, -0.15) is 0 Å². The lowest BCUT2D eigenvalue weighted by atomic mass is 9.53. The Balaban J connectivity index is 1.57. The number of benzene rings is 1. The minimum Gasteiger partial charge on any atom is -0.392 e. The van der Waals surface area contributed by atoms with Crippen LogP contribution in [0.2, 0.25) is 5.02 Å². The molecule has 2 aliphatic carbocycles. The van der Waals surface area contributed by atoms with Crippen LogP contribution in [0.4, 0.5) is 5.13 Å². The number of aromatic nitrogens is 1. The van der Waals surface area contributed by atoms with Crippen molar-refractivity contribution in [3.8, 4) is 0 Å². The summed E-state index contributed by atoms with van der Waals surface area (Å²) >= 11 is 7.26. The second-order valence-electron chi connectivity index (χ2n) is 10.5. The monoisotopic (exact) mass is 551 g/mol. The fourth-order valence-corrected chi connectivity index (χ4v) is 8.82. The van der Waals surface area contributed by atoms with Crippen LogP contribution < -0.4 is 4.72 Å². The molecular formula is C26H34ClN3O4S2. The Morgan fingerprint density at radius 2 is 2.08 bits per heavy atom. The van der Waals surface area contributed by atoms with Crippen LogP contribution in [-0.2, 0) is 21.2 Å². The number of hydrogen-bond acceptors (Lipinski definition) is 6. The lowest BCUT2D eigenvalue weighted by Gasteiger charge is -2.53. The number of halogens is 1. The average Bonchev–Trinajstić information content (AvgIpc) is 3.19. The highest BCUT2D eigenvalue weighted by Crippen LogP contribution is 2.57. The molecule has 1 aromatic heterocycles. The third-order valence-corrected chi connectivity index (χ3v) is 10.8. The highest BCUT2D eigenvalue weighted by molar-refractivity contribution is 7.93. The maximum absolute atomic E-state index is 13.0. The third-order valence-electron chi connectivity index (χ3n) is 8.08. The molecule has 196 valence electrons. The van der Waals surface area contributed by atoms with Gasteiger partial charge in [0.2, 0.25) is 5.91 Å². The zero-order chi connectivity index (χ0) is 26.4. The number of aliphatic hydroxyl groups excluding tert-OH is 1. The van der Waals surface area contributed by atoms with Gasteiger partial charge in [-0.25, -0.2) is 13.4 Å². The lowest BCUT2D eigenvalue weighted by Crippen LogP contribution is -2.53. The quantitative estimate of drug-likeness (QED) is 0.475.